The summed E-state index contributed by atoms with van der Waals surface area (Å²) in [5.74, 6) is 2.11. The average molecular weight is 234 g/mol. The molecule has 0 saturated carbocycles. The zero-order valence-electron chi connectivity index (χ0n) is 9.69. The molecule has 86 valence electrons. The highest BCUT2D eigenvalue weighted by Crippen LogP contribution is 2.16. The molecular formula is C13H18N2S. The Balaban J connectivity index is 2.13. The maximum absolute atomic E-state index is 4.56. The van der Waals surface area contributed by atoms with Crippen molar-refractivity contribution in [3.8, 4) is 0 Å². The summed E-state index contributed by atoms with van der Waals surface area (Å²) < 4.78 is 2.31. The summed E-state index contributed by atoms with van der Waals surface area (Å²) in [5, 5.41) is 0. The molecule has 2 aromatic rings. The van der Waals surface area contributed by atoms with Crippen LogP contribution >= 0.6 is 12.6 Å². The van der Waals surface area contributed by atoms with E-state index in [9.17, 15) is 0 Å². The van der Waals surface area contributed by atoms with Crippen molar-refractivity contribution in [3.63, 3.8) is 0 Å². The number of imidazole rings is 1. The third kappa shape index (κ3) is 2.40. The fraction of sp³-hybridized carbons (Fsp3) is 0.462. The Morgan fingerprint density at radius 2 is 2.00 bits per heavy atom. The second kappa shape index (κ2) is 5.39. The van der Waals surface area contributed by atoms with E-state index in [0.717, 1.165) is 23.6 Å². The van der Waals surface area contributed by atoms with Gasteiger partial charge >= 0.3 is 0 Å². The van der Waals surface area contributed by atoms with Crippen LogP contribution in [-0.4, -0.2) is 15.3 Å². The Hall–Kier alpha value is -0.960. The van der Waals surface area contributed by atoms with Crippen LogP contribution in [0.1, 0.15) is 25.1 Å². The zero-order valence-corrected chi connectivity index (χ0v) is 10.6. The van der Waals surface area contributed by atoms with Crippen LogP contribution in [-0.2, 0) is 6.54 Å². The van der Waals surface area contributed by atoms with E-state index in [-0.39, 0.29) is 0 Å². The summed E-state index contributed by atoms with van der Waals surface area (Å²) >= 11 is 4.23. The number of aryl methyl sites for hydroxylation is 2. The fourth-order valence-corrected chi connectivity index (χ4v) is 2.26. The summed E-state index contributed by atoms with van der Waals surface area (Å²) in [5.41, 5.74) is 2.36. The molecule has 0 amide bonds. The van der Waals surface area contributed by atoms with E-state index < -0.39 is 0 Å². The van der Waals surface area contributed by atoms with Gasteiger partial charge in [0.1, 0.15) is 5.82 Å². The van der Waals surface area contributed by atoms with E-state index in [2.05, 4.69) is 47.3 Å². The number of thiol groups is 1. The van der Waals surface area contributed by atoms with Crippen LogP contribution in [0.5, 0.6) is 0 Å². The van der Waals surface area contributed by atoms with Gasteiger partial charge in [0.15, 0.2) is 0 Å². The van der Waals surface area contributed by atoms with E-state index in [0.29, 0.717) is 0 Å². The lowest BCUT2D eigenvalue weighted by atomic mass is 10.2. The van der Waals surface area contributed by atoms with Gasteiger partial charge in [-0.2, -0.15) is 12.6 Å². The maximum Gasteiger partial charge on any atom is 0.106 e. The second-order valence-corrected chi connectivity index (χ2v) is 4.53. The number of para-hydroxylation sites is 2. The third-order valence-corrected chi connectivity index (χ3v) is 3.20. The lowest BCUT2D eigenvalue weighted by Gasteiger charge is -2.06. The lowest BCUT2D eigenvalue weighted by molar-refractivity contribution is 0.604. The van der Waals surface area contributed by atoms with Gasteiger partial charge < -0.3 is 4.57 Å². The summed E-state index contributed by atoms with van der Waals surface area (Å²) in [6.45, 7) is 3.15. The molecule has 0 aliphatic heterocycles. The number of rotatable bonds is 5. The first-order valence-electron chi connectivity index (χ1n) is 5.85. The normalized spacial score (nSPS) is 11.1. The highest BCUT2D eigenvalue weighted by molar-refractivity contribution is 7.80. The van der Waals surface area contributed by atoms with Crippen LogP contribution in [0.4, 0.5) is 0 Å². The minimum Gasteiger partial charge on any atom is -0.328 e. The van der Waals surface area contributed by atoms with Gasteiger partial charge in [-0.3, -0.25) is 0 Å². The topological polar surface area (TPSA) is 17.8 Å². The standard InChI is InChI=1S/C13H18N2S/c1-11-14-12-7-3-4-8-13(12)15(11)9-5-2-6-10-16/h3-4,7-8,16H,2,5-6,9-10H2,1H3. The molecule has 0 saturated heterocycles. The molecule has 3 heteroatoms. The number of hydrogen-bond acceptors (Lipinski definition) is 2. The Morgan fingerprint density at radius 1 is 1.19 bits per heavy atom. The lowest BCUT2D eigenvalue weighted by Crippen LogP contribution is -2.00. The zero-order chi connectivity index (χ0) is 11.4. The second-order valence-electron chi connectivity index (χ2n) is 4.08. The van der Waals surface area contributed by atoms with Crippen LogP contribution in [0.3, 0.4) is 0 Å². The molecule has 0 unspecified atom stereocenters. The van der Waals surface area contributed by atoms with E-state index >= 15 is 0 Å². The van der Waals surface area contributed by atoms with Crippen molar-refractivity contribution in [2.24, 2.45) is 0 Å². The van der Waals surface area contributed by atoms with Gasteiger partial charge in [0.25, 0.3) is 0 Å². The first kappa shape index (κ1) is 11.5. The van der Waals surface area contributed by atoms with Crippen molar-refractivity contribution >= 4 is 23.7 Å². The number of fused-ring (bicyclic) bond motifs is 1. The minimum absolute atomic E-state index is 0.990. The number of unbranched alkanes of at least 4 members (excludes halogenated alkanes) is 2. The third-order valence-electron chi connectivity index (χ3n) is 2.89. The van der Waals surface area contributed by atoms with Gasteiger partial charge in [-0.15, -0.1) is 0 Å². The van der Waals surface area contributed by atoms with Crippen molar-refractivity contribution in [1.29, 1.82) is 0 Å². The molecule has 0 fully saturated rings. The molecule has 0 radical (unpaired) electrons. The molecule has 0 aliphatic carbocycles. The van der Waals surface area contributed by atoms with Crippen LogP contribution in [0.25, 0.3) is 11.0 Å². The molecule has 0 aliphatic rings. The van der Waals surface area contributed by atoms with Gasteiger partial charge in [-0.05, 0) is 37.7 Å². The Bertz CT molecular complexity index is 462. The number of benzene rings is 1. The quantitative estimate of drug-likeness (QED) is 0.620. The predicted octanol–water partition coefficient (Wildman–Crippen LogP) is 3.44. The fourth-order valence-electron chi connectivity index (χ4n) is 2.04. The van der Waals surface area contributed by atoms with Crippen molar-refractivity contribution in [2.45, 2.75) is 32.7 Å². The number of aromatic nitrogens is 2. The van der Waals surface area contributed by atoms with Gasteiger partial charge in [-0.25, -0.2) is 4.98 Å². The molecular weight excluding hydrogens is 216 g/mol. The molecule has 0 N–H and O–H groups in total. The molecule has 1 heterocycles. The van der Waals surface area contributed by atoms with Gasteiger partial charge in [0.05, 0.1) is 11.0 Å². The van der Waals surface area contributed by atoms with Crippen LogP contribution < -0.4 is 0 Å². The van der Waals surface area contributed by atoms with Crippen molar-refractivity contribution < 1.29 is 0 Å². The summed E-state index contributed by atoms with van der Waals surface area (Å²) in [7, 11) is 0. The number of nitrogens with zero attached hydrogens (tertiary/aromatic N) is 2. The van der Waals surface area contributed by atoms with E-state index in [1.165, 1.54) is 24.8 Å². The average Bonchev–Trinajstić information content (AvgIpc) is 2.61. The molecule has 1 aromatic heterocycles. The highest BCUT2D eigenvalue weighted by Gasteiger charge is 2.05. The molecule has 0 bridgehead atoms. The first-order valence-corrected chi connectivity index (χ1v) is 6.49. The SMILES string of the molecule is Cc1nc2ccccc2n1CCCCCS. The molecule has 0 spiro atoms. The largest absolute Gasteiger partial charge is 0.328 e. The molecule has 2 rings (SSSR count). The summed E-state index contributed by atoms with van der Waals surface area (Å²) in [6, 6.07) is 8.34. The van der Waals surface area contributed by atoms with E-state index in [1.807, 2.05) is 6.07 Å². The van der Waals surface area contributed by atoms with Crippen molar-refractivity contribution in [2.75, 3.05) is 5.75 Å². The Kier molecular flexibility index (Phi) is 3.88. The van der Waals surface area contributed by atoms with Gasteiger partial charge in [-0.1, -0.05) is 18.6 Å². The summed E-state index contributed by atoms with van der Waals surface area (Å²) in [4.78, 5) is 4.56. The Labute approximate surface area is 102 Å². The van der Waals surface area contributed by atoms with Crippen molar-refractivity contribution in [3.05, 3.63) is 30.1 Å². The first-order chi connectivity index (χ1) is 7.83. The predicted molar refractivity (Wildman–Crippen MR) is 72.2 cm³/mol. The van der Waals surface area contributed by atoms with Gasteiger partial charge in [0, 0.05) is 6.54 Å². The number of hydrogen-bond donors (Lipinski definition) is 1. The smallest absolute Gasteiger partial charge is 0.106 e. The minimum atomic E-state index is 0.990. The summed E-state index contributed by atoms with van der Waals surface area (Å²) in [6.07, 6.45) is 3.66. The highest BCUT2D eigenvalue weighted by atomic mass is 32.1. The molecule has 0 atom stereocenters. The molecule has 2 nitrogen and oxygen atoms in total. The Morgan fingerprint density at radius 3 is 2.81 bits per heavy atom. The van der Waals surface area contributed by atoms with Crippen LogP contribution in [0.2, 0.25) is 0 Å². The van der Waals surface area contributed by atoms with Crippen LogP contribution in [0.15, 0.2) is 24.3 Å². The van der Waals surface area contributed by atoms with Crippen molar-refractivity contribution in [1.82, 2.24) is 9.55 Å². The monoisotopic (exact) mass is 234 g/mol. The van der Waals surface area contributed by atoms with E-state index in [4.69, 9.17) is 0 Å². The molecule has 16 heavy (non-hydrogen) atoms. The van der Waals surface area contributed by atoms with E-state index in [1.54, 1.807) is 0 Å². The van der Waals surface area contributed by atoms with Crippen LogP contribution in [0, 0.1) is 6.92 Å². The van der Waals surface area contributed by atoms with Gasteiger partial charge in [0.2, 0.25) is 0 Å². The maximum atomic E-state index is 4.56. The molecule has 1 aromatic carbocycles.